The summed E-state index contributed by atoms with van der Waals surface area (Å²) < 4.78 is 1.71. The molecule has 1 aliphatic rings. The van der Waals surface area contributed by atoms with Crippen LogP contribution in [-0.4, -0.2) is 44.0 Å². The number of amides is 1. The second-order valence-electron chi connectivity index (χ2n) is 5.96. The average Bonchev–Trinajstić information content (AvgIpc) is 2.97. The van der Waals surface area contributed by atoms with Crippen LogP contribution in [0, 0.1) is 0 Å². The Balaban J connectivity index is 1.50. The first kappa shape index (κ1) is 17.2. The van der Waals surface area contributed by atoms with Crippen LogP contribution in [0.2, 0.25) is 10.0 Å². The van der Waals surface area contributed by atoms with Gasteiger partial charge in [0.15, 0.2) is 0 Å². The van der Waals surface area contributed by atoms with Crippen molar-refractivity contribution in [3.8, 4) is 0 Å². The molecule has 0 bridgehead atoms. The van der Waals surface area contributed by atoms with Gasteiger partial charge >= 0.3 is 0 Å². The Morgan fingerprint density at radius 2 is 2.17 bits per heavy atom. The van der Waals surface area contributed by atoms with Crippen molar-refractivity contribution in [1.29, 1.82) is 0 Å². The molecule has 128 valence electrons. The van der Waals surface area contributed by atoms with Crippen LogP contribution in [0.15, 0.2) is 24.4 Å². The molecule has 0 saturated carbocycles. The molecule has 1 amide bonds. The Labute approximate surface area is 150 Å². The van der Waals surface area contributed by atoms with Gasteiger partial charge in [0.2, 0.25) is 5.91 Å². The highest BCUT2D eigenvalue weighted by molar-refractivity contribution is 6.42. The van der Waals surface area contributed by atoms with Crippen LogP contribution in [0.25, 0.3) is 0 Å². The van der Waals surface area contributed by atoms with Gasteiger partial charge in [-0.05, 0) is 25.0 Å². The smallest absolute Gasteiger partial charge is 0.223 e. The molecule has 2 heterocycles. The van der Waals surface area contributed by atoms with Gasteiger partial charge in [-0.2, -0.15) is 0 Å². The van der Waals surface area contributed by atoms with Crippen LogP contribution >= 0.6 is 23.2 Å². The third-order valence-corrected chi connectivity index (χ3v) is 5.04. The van der Waals surface area contributed by atoms with Gasteiger partial charge in [-0.15, -0.1) is 5.10 Å². The molecule has 8 heteroatoms. The van der Waals surface area contributed by atoms with Crippen LogP contribution in [0.5, 0.6) is 0 Å². The second-order valence-corrected chi connectivity index (χ2v) is 6.75. The standard InChI is InChI=1S/C16H18Cl2N4O2/c1-10(23)14-9-22(20-19-14)12-7-21(8-12)15(24)6-5-11-3-2-4-13(17)16(11)18/h2-4,9-10,12,23H,5-8H2,1H3/t10-/m0/s1. The Hall–Kier alpha value is -1.63. The van der Waals surface area contributed by atoms with E-state index in [2.05, 4.69) is 10.3 Å². The molecule has 1 fully saturated rings. The number of rotatable bonds is 5. The first-order chi connectivity index (χ1) is 11.5. The molecule has 1 N–H and O–H groups in total. The number of hydrogen-bond donors (Lipinski definition) is 1. The second kappa shape index (κ2) is 7.09. The number of carbonyl (C=O) groups is 1. The minimum atomic E-state index is -0.640. The maximum atomic E-state index is 12.2. The lowest BCUT2D eigenvalue weighted by atomic mass is 10.1. The van der Waals surface area contributed by atoms with Crippen molar-refractivity contribution in [3.05, 3.63) is 45.7 Å². The van der Waals surface area contributed by atoms with Crippen LogP contribution in [0.1, 0.15) is 36.7 Å². The first-order valence-corrected chi connectivity index (χ1v) is 8.51. The fourth-order valence-electron chi connectivity index (χ4n) is 2.63. The zero-order chi connectivity index (χ0) is 17.3. The topological polar surface area (TPSA) is 71.2 Å². The number of aryl methyl sites for hydroxylation is 1. The van der Waals surface area contributed by atoms with Crippen LogP contribution in [0.3, 0.4) is 0 Å². The van der Waals surface area contributed by atoms with E-state index in [1.54, 1.807) is 28.8 Å². The summed E-state index contributed by atoms with van der Waals surface area (Å²) in [5, 5.41) is 18.4. The van der Waals surface area contributed by atoms with Gasteiger partial charge in [-0.1, -0.05) is 40.5 Å². The van der Waals surface area contributed by atoms with E-state index in [0.29, 0.717) is 41.7 Å². The van der Waals surface area contributed by atoms with Crippen molar-refractivity contribution in [2.24, 2.45) is 0 Å². The van der Waals surface area contributed by atoms with Gasteiger partial charge in [0.05, 0.1) is 28.4 Å². The SMILES string of the molecule is C[C@H](O)c1cn(C2CN(C(=O)CCc3cccc(Cl)c3Cl)C2)nn1. The molecule has 1 aliphatic heterocycles. The zero-order valence-electron chi connectivity index (χ0n) is 13.2. The molecule has 0 aliphatic carbocycles. The molecule has 0 unspecified atom stereocenters. The van der Waals surface area contributed by atoms with E-state index in [1.165, 1.54) is 0 Å². The molecule has 1 aromatic carbocycles. The Morgan fingerprint density at radius 3 is 2.83 bits per heavy atom. The lowest BCUT2D eigenvalue weighted by Crippen LogP contribution is -2.51. The third-order valence-electron chi connectivity index (χ3n) is 4.18. The molecule has 0 radical (unpaired) electrons. The quantitative estimate of drug-likeness (QED) is 0.880. The molecule has 2 aromatic rings. The molecular formula is C16H18Cl2N4O2. The van der Waals surface area contributed by atoms with Gasteiger partial charge < -0.3 is 10.0 Å². The van der Waals surface area contributed by atoms with Crippen molar-refractivity contribution >= 4 is 29.1 Å². The molecule has 0 spiro atoms. The Kier molecular flexibility index (Phi) is 5.08. The summed E-state index contributed by atoms with van der Waals surface area (Å²) in [6.07, 6.45) is 2.04. The molecule has 1 atom stereocenters. The third kappa shape index (κ3) is 3.55. The average molecular weight is 369 g/mol. The number of carbonyl (C=O) groups excluding carboxylic acids is 1. The largest absolute Gasteiger partial charge is 0.387 e. The number of halogens is 2. The van der Waals surface area contributed by atoms with Gasteiger partial charge in [-0.25, -0.2) is 4.68 Å². The maximum Gasteiger partial charge on any atom is 0.223 e. The van der Waals surface area contributed by atoms with Gasteiger partial charge in [0, 0.05) is 19.5 Å². The highest BCUT2D eigenvalue weighted by atomic mass is 35.5. The fraction of sp³-hybridized carbons (Fsp3) is 0.438. The number of aromatic nitrogens is 3. The Bertz CT molecular complexity index is 741. The number of benzene rings is 1. The van der Waals surface area contributed by atoms with E-state index in [4.69, 9.17) is 23.2 Å². The number of aliphatic hydroxyl groups excluding tert-OH is 1. The number of nitrogens with zero attached hydrogens (tertiary/aromatic N) is 4. The monoisotopic (exact) mass is 368 g/mol. The van der Waals surface area contributed by atoms with Crippen molar-refractivity contribution in [2.75, 3.05) is 13.1 Å². The minimum Gasteiger partial charge on any atom is -0.387 e. The predicted octanol–water partition coefficient (Wildman–Crippen LogP) is 2.65. The molecular weight excluding hydrogens is 351 g/mol. The summed E-state index contributed by atoms with van der Waals surface area (Å²) in [4.78, 5) is 14.0. The van der Waals surface area contributed by atoms with Gasteiger partial charge in [0.25, 0.3) is 0 Å². The van der Waals surface area contributed by atoms with Crippen molar-refractivity contribution in [2.45, 2.75) is 31.9 Å². The van der Waals surface area contributed by atoms with Gasteiger partial charge in [0.1, 0.15) is 5.69 Å². The summed E-state index contributed by atoms with van der Waals surface area (Å²) in [7, 11) is 0. The number of hydrogen-bond acceptors (Lipinski definition) is 4. The summed E-state index contributed by atoms with van der Waals surface area (Å²) in [6.45, 7) is 2.85. The molecule has 1 saturated heterocycles. The van der Waals surface area contributed by atoms with Gasteiger partial charge in [-0.3, -0.25) is 4.79 Å². The summed E-state index contributed by atoms with van der Waals surface area (Å²) >= 11 is 12.1. The highest BCUT2D eigenvalue weighted by Gasteiger charge is 2.32. The summed E-state index contributed by atoms with van der Waals surface area (Å²) in [5.41, 5.74) is 1.42. The number of aliphatic hydroxyl groups is 1. The van der Waals surface area contributed by atoms with E-state index in [0.717, 1.165) is 5.56 Å². The Morgan fingerprint density at radius 1 is 1.42 bits per heavy atom. The van der Waals surface area contributed by atoms with Crippen molar-refractivity contribution in [3.63, 3.8) is 0 Å². The zero-order valence-corrected chi connectivity index (χ0v) is 14.7. The van der Waals surface area contributed by atoms with E-state index < -0.39 is 6.10 Å². The normalized spacial score (nSPS) is 16.1. The highest BCUT2D eigenvalue weighted by Crippen LogP contribution is 2.27. The van der Waals surface area contributed by atoms with E-state index in [-0.39, 0.29) is 11.9 Å². The van der Waals surface area contributed by atoms with Crippen LogP contribution in [-0.2, 0) is 11.2 Å². The van der Waals surface area contributed by atoms with E-state index in [9.17, 15) is 9.90 Å². The van der Waals surface area contributed by atoms with E-state index >= 15 is 0 Å². The lowest BCUT2D eigenvalue weighted by molar-refractivity contribution is -0.137. The van der Waals surface area contributed by atoms with Crippen LogP contribution < -0.4 is 0 Å². The number of likely N-dealkylation sites (tertiary alicyclic amines) is 1. The molecule has 1 aromatic heterocycles. The van der Waals surface area contributed by atoms with E-state index in [1.807, 2.05) is 12.1 Å². The first-order valence-electron chi connectivity index (χ1n) is 7.76. The van der Waals surface area contributed by atoms with Crippen LogP contribution in [0.4, 0.5) is 0 Å². The molecule has 6 nitrogen and oxygen atoms in total. The molecule has 3 rings (SSSR count). The summed E-state index contributed by atoms with van der Waals surface area (Å²) in [6, 6.07) is 5.56. The van der Waals surface area contributed by atoms with Crippen molar-refractivity contribution < 1.29 is 9.90 Å². The molecule has 24 heavy (non-hydrogen) atoms. The minimum absolute atomic E-state index is 0.0816. The fourth-order valence-corrected chi connectivity index (χ4v) is 3.04. The predicted molar refractivity (Wildman–Crippen MR) is 91.1 cm³/mol. The summed E-state index contributed by atoms with van der Waals surface area (Å²) in [5.74, 6) is 0.0816. The maximum absolute atomic E-state index is 12.2. The lowest BCUT2D eigenvalue weighted by Gasteiger charge is -2.39. The van der Waals surface area contributed by atoms with Crippen molar-refractivity contribution in [1.82, 2.24) is 19.9 Å².